The van der Waals surface area contributed by atoms with Gasteiger partial charge in [-0.1, -0.05) is 18.2 Å². The van der Waals surface area contributed by atoms with Crippen LogP contribution in [0.3, 0.4) is 0 Å². The molecule has 3 rings (SSSR count). The van der Waals surface area contributed by atoms with Gasteiger partial charge in [-0.2, -0.15) is 0 Å². The van der Waals surface area contributed by atoms with Crippen LogP contribution in [0.15, 0.2) is 48.7 Å². The number of halogens is 1. The molecule has 2 heterocycles. The van der Waals surface area contributed by atoms with Crippen molar-refractivity contribution in [1.29, 1.82) is 0 Å². The molecule has 0 unspecified atom stereocenters. The molecule has 0 aliphatic heterocycles. The number of carbonyl (C=O) groups excluding carboxylic acids is 1. The van der Waals surface area contributed by atoms with Crippen LogP contribution in [0.4, 0.5) is 20.8 Å². The van der Waals surface area contributed by atoms with Crippen molar-refractivity contribution in [3.05, 3.63) is 54.5 Å². The van der Waals surface area contributed by atoms with E-state index in [9.17, 15) is 9.18 Å². The van der Waals surface area contributed by atoms with Crippen LogP contribution >= 0.6 is 0 Å². The number of hydrogen-bond donors (Lipinski definition) is 2. The van der Waals surface area contributed by atoms with E-state index >= 15 is 0 Å². The molecular weight excluding hydrogens is 261 g/mol. The van der Waals surface area contributed by atoms with Gasteiger partial charge in [-0.3, -0.25) is 9.72 Å². The predicted molar refractivity (Wildman–Crippen MR) is 72.0 cm³/mol. The molecule has 6 nitrogen and oxygen atoms in total. The number of nitrogens with zero attached hydrogens (tertiary/aromatic N) is 3. The Morgan fingerprint density at radius 3 is 2.70 bits per heavy atom. The van der Waals surface area contributed by atoms with Crippen molar-refractivity contribution in [2.45, 2.75) is 0 Å². The molecule has 0 bridgehead atoms. The molecular formula is C13H10FN5O. The Bertz CT molecular complexity index is 770. The van der Waals surface area contributed by atoms with Crippen LogP contribution in [0.25, 0.3) is 5.65 Å². The van der Waals surface area contributed by atoms with E-state index < -0.39 is 11.8 Å². The summed E-state index contributed by atoms with van der Waals surface area (Å²) in [6.45, 7) is 0. The zero-order valence-electron chi connectivity index (χ0n) is 10.2. The number of pyridine rings is 1. The molecule has 1 aromatic carbocycles. The van der Waals surface area contributed by atoms with Crippen molar-refractivity contribution < 1.29 is 9.18 Å². The first-order valence-electron chi connectivity index (χ1n) is 5.86. The van der Waals surface area contributed by atoms with Crippen LogP contribution in [-0.4, -0.2) is 20.6 Å². The number of urea groups is 1. The monoisotopic (exact) mass is 271 g/mol. The third-order valence-corrected chi connectivity index (χ3v) is 2.66. The molecule has 0 radical (unpaired) electrons. The molecule has 20 heavy (non-hydrogen) atoms. The van der Waals surface area contributed by atoms with Gasteiger partial charge in [0, 0.05) is 6.20 Å². The second kappa shape index (κ2) is 4.96. The van der Waals surface area contributed by atoms with Crippen LogP contribution in [0.1, 0.15) is 0 Å². The molecule has 0 atom stereocenters. The number of nitrogens with one attached hydrogen (secondary N) is 2. The number of rotatable bonds is 2. The lowest BCUT2D eigenvalue weighted by molar-refractivity contribution is 0.262. The Morgan fingerprint density at radius 1 is 1.05 bits per heavy atom. The van der Waals surface area contributed by atoms with Crippen molar-refractivity contribution in [2.75, 3.05) is 10.6 Å². The van der Waals surface area contributed by atoms with E-state index in [-0.39, 0.29) is 11.6 Å². The molecule has 0 saturated carbocycles. The lowest BCUT2D eigenvalue weighted by Crippen LogP contribution is -2.21. The third kappa shape index (κ3) is 2.28. The van der Waals surface area contributed by atoms with E-state index in [4.69, 9.17) is 0 Å². The van der Waals surface area contributed by atoms with E-state index in [1.807, 2.05) is 6.07 Å². The second-order valence-electron chi connectivity index (χ2n) is 4.01. The SMILES string of the molecule is O=C(Nc1ccccc1F)Nc1nnc2ccccn12. The summed E-state index contributed by atoms with van der Waals surface area (Å²) in [5.74, 6) is -0.247. The van der Waals surface area contributed by atoms with Gasteiger partial charge in [0.15, 0.2) is 5.65 Å². The first kappa shape index (κ1) is 12.1. The van der Waals surface area contributed by atoms with Gasteiger partial charge in [0.05, 0.1) is 5.69 Å². The van der Waals surface area contributed by atoms with Crippen molar-refractivity contribution in [3.8, 4) is 0 Å². The lowest BCUT2D eigenvalue weighted by Gasteiger charge is -2.06. The zero-order chi connectivity index (χ0) is 13.9. The first-order valence-corrected chi connectivity index (χ1v) is 5.86. The molecule has 2 aromatic heterocycles. The topological polar surface area (TPSA) is 71.3 Å². The van der Waals surface area contributed by atoms with Crippen molar-refractivity contribution in [3.63, 3.8) is 0 Å². The summed E-state index contributed by atoms with van der Waals surface area (Å²) in [6.07, 6.45) is 1.72. The van der Waals surface area contributed by atoms with Gasteiger partial charge in [0.25, 0.3) is 0 Å². The normalized spacial score (nSPS) is 10.4. The van der Waals surface area contributed by atoms with Crippen LogP contribution in [0.2, 0.25) is 0 Å². The van der Waals surface area contributed by atoms with Crippen molar-refractivity contribution in [1.82, 2.24) is 14.6 Å². The van der Waals surface area contributed by atoms with Crippen LogP contribution in [-0.2, 0) is 0 Å². The van der Waals surface area contributed by atoms with E-state index in [1.165, 1.54) is 12.1 Å². The van der Waals surface area contributed by atoms with Crippen LogP contribution in [0.5, 0.6) is 0 Å². The Hall–Kier alpha value is -2.96. The minimum absolute atomic E-state index is 0.0961. The molecule has 7 heteroatoms. The maximum atomic E-state index is 13.4. The molecule has 0 saturated heterocycles. The van der Waals surface area contributed by atoms with Crippen LogP contribution in [0, 0.1) is 5.82 Å². The molecule has 100 valence electrons. The number of amides is 2. The molecule has 2 amide bonds. The first-order chi connectivity index (χ1) is 9.74. The van der Waals surface area contributed by atoms with Gasteiger partial charge in [-0.05, 0) is 24.3 Å². The zero-order valence-corrected chi connectivity index (χ0v) is 10.2. The molecule has 0 aliphatic carbocycles. The highest BCUT2D eigenvalue weighted by Gasteiger charge is 2.10. The summed E-state index contributed by atoms with van der Waals surface area (Å²) in [5.41, 5.74) is 0.701. The Labute approximate surface area is 113 Å². The average Bonchev–Trinajstić information content (AvgIpc) is 2.85. The summed E-state index contributed by atoms with van der Waals surface area (Å²) >= 11 is 0. The van der Waals surface area contributed by atoms with Gasteiger partial charge in [-0.15, -0.1) is 10.2 Å². The summed E-state index contributed by atoms with van der Waals surface area (Å²) in [5, 5.41) is 12.7. The average molecular weight is 271 g/mol. The molecule has 0 aliphatic rings. The van der Waals surface area contributed by atoms with E-state index in [0.29, 0.717) is 5.65 Å². The number of aromatic nitrogens is 3. The van der Waals surface area contributed by atoms with Gasteiger partial charge in [0.2, 0.25) is 5.95 Å². The van der Waals surface area contributed by atoms with E-state index in [1.54, 1.807) is 34.9 Å². The molecule has 0 spiro atoms. The summed E-state index contributed by atoms with van der Waals surface area (Å²) in [4.78, 5) is 11.8. The summed E-state index contributed by atoms with van der Waals surface area (Å²) in [6, 6.07) is 10.7. The van der Waals surface area contributed by atoms with Crippen molar-refractivity contribution in [2.24, 2.45) is 0 Å². The largest absolute Gasteiger partial charge is 0.326 e. The highest BCUT2D eigenvalue weighted by molar-refractivity contribution is 5.98. The van der Waals surface area contributed by atoms with Gasteiger partial charge in [-0.25, -0.2) is 9.18 Å². The third-order valence-electron chi connectivity index (χ3n) is 2.66. The molecule has 2 N–H and O–H groups in total. The maximum Gasteiger partial charge on any atom is 0.326 e. The lowest BCUT2D eigenvalue weighted by atomic mass is 10.3. The maximum absolute atomic E-state index is 13.4. The summed E-state index contributed by atoms with van der Waals surface area (Å²) < 4.78 is 15.0. The number of para-hydroxylation sites is 1. The fourth-order valence-corrected chi connectivity index (χ4v) is 1.74. The van der Waals surface area contributed by atoms with Gasteiger partial charge >= 0.3 is 6.03 Å². The number of anilines is 2. The quantitative estimate of drug-likeness (QED) is 0.752. The minimum Gasteiger partial charge on any atom is -0.305 e. The van der Waals surface area contributed by atoms with Crippen LogP contribution < -0.4 is 10.6 Å². The highest BCUT2D eigenvalue weighted by atomic mass is 19.1. The Balaban J connectivity index is 1.78. The second-order valence-corrected chi connectivity index (χ2v) is 4.01. The minimum atomic E-state index is -0.590. The fourth-order valence-electron chi connectivity index (χ4n) is 1.74. The standard InChI is InChI=1S/C13H10FN5O/c14-9-5-1-2-6-10(9)15-13(20)16-12-18-17-11-7-3-4-8-19(11)12/h1-8H,(H2,15,16,18,20). The number of hydrogen-bond acceptors (Lipinski definition) is 3. The fraction of sp³-hybridized carbons (Fsp3) is 0. The van der Waals surface area contributed by atoms with Crippen molar-refractivity contribution >= 4 is 23.3 Å². The predicted octanol–water partition coefficient (Wildman–Crippen LogP) is 2.51. The Kier molecular flexibility index (Phi) is 3.00. The number of benzene rings is 1. The summed E-state index contributed by atoms with van der Waals surface area (Å²) in [7, 11) is 0. The number of fused-ring (bicyclic) bond motifs is 1. The highest BCUT2D eigenvalue weighted by Crippen LogP contribution is 2.13. The van der Waals surface area contributed by atoms with Gasteiger partial charge in [0.1, 0.15) is 5.82 Å². The number of carbonyl (C=O) groups is 1. The molecule has 3 aromatic rings. The smallest absolute Gasteiger partial charge is 0.305 e. The van der Waals surface area contributed by atoms with E-state index in [0.717, 1.165) is 0 Å². The van der Waals surface area contributed by atoms with E-state index in [2.05, 4.69) is 20.8 Å². The molecule has 0 fully saturated rings. The van der Waals surface area contributed by atoms with Gasteiger partial charge < -0.3 is 5.32 Å². The Morgan fingerprint density at radius 2 is 1.85 bits per heavy atom.